The Morgan fingerprint density at radius 2 is 1.40 bits per heavy atom. The highest BCUT2D eigenvalue weighted by Crippen LogP contribution is 2.36. The first kappa shape index (κ1) is 48.1. The minimum atomic E-state index is -5.08. The third-order valence-electron chi connectivity index (χ3n) is 11.9. The van der Waals surface area contributed by atoms with Crippen molar-refractivity contribution in [2.24, 2.45) is 5.92 Å². The van der Waals surface area contributed by atoms with E-state index in [4.69, 9.17) is 34.6 Å². The van der Waals surface area contributed by atoms with Crippen LogP contribution in [0.5, 0.6) is 0 Å². The SMILES string of the molecule is COC(=O)N[C@@H](C(=O)N1CCC[C@H]1c1ncc(-c2ccc3nc(-c4ccc(-c5c[nH]c([C@@H]6CCCN6C(=O)[C@H](C(C)C)N(C)C(=O)O)n5)cc4)cnc3c2)[nH]1)c1ccccc1.O=C(O)C(F)(F)F. The summed E-state index contributed by atoms with van der Waals surface area (Å²) in [6.07, 6.45) is 1.51. The molecule has 2 aliphatic heterocycles. The normalized spacial score (nSPS) is 16.8. The molecule has 3 aromatic heterocycles. The molecular formula is C47H49F3N10O8. The molecule has 356 valence electrons. The molecule has 21 heteroatoms. The van der Waals surface area contributed by atoms with Gasteiger partial charge in [-0.05, 0) is 49.3 Å². The van der Waals surface area contributed by atoms with E-state index in [0.29, 0.717) is 41.5 Å². The van der Waals surface area contributed by atoms with Crippen molar-refractivity contribution in [3.63, 3.8) is 0 Å². The summed E-state index contributed by atoms with van der Waals surface area (Å²) in [5.74, 6) is -2.04. The second-order valence-electron chi connectivity index (χ2n) is 16.6. The van der Waals surface area contributed by atoms with Gasteiger partial charge in [0.15, 0.2) is 0 Å². The minimum absolute atomic E-state index is 0.184. The van der Waals surface area contributed by atoms with E-state index in [1.165, 1.54) is 14.2 Å². The fourth-order valence-electron chi connectivity index (χ4n) is 8.53. The molecule has 0 aliphatic carbocycles. The van der Waals surface area contributed by atoms with Gasteiger partial charge >= 0.3 is 24.3 Å². The lowest BCUT2D eigenvalue weighted by atomic mass is 10.0. The largest absolute Gasteiger partial charge is 0.490 e. The highest BCUT2D eigenvalue weighted by molar-refractivity contribution is 5.88. The van der Waals surface area contributed by atoms with E-state index in [0.717, 1.165) is 64.2 Å². The van der Waals surface area contributed by atoms with Crippen molar-refractivity contribution < 1.29 is 52.1 Å². The summed E-state index contributed by atoms with van der Waals surface area (Å²) in [4.78, 5) is 91.0. The molecule has 0 spiro atoms. The number of imidazole rings is 2. The predicted molar refractivity (Wildman–Crippen MR) is 240 cm³/mol. The van der Waals surface area contributed by atoms with E-state index in [-0.39, 0.29) is 29.8 Å². The number of carboxylic acid groups (broad SMARTS) is 2. The van der Waals surface area contributed by atoms with Gasteiger partial charge in [0, 0.05) is 43.0 Å². The predicted octanol–water partition coefficient (Wildman–Crippen LogP) is 7.77. The van der Waals surface area contributed by atoms with Gasteiger partial charge in [-0.25, -0.2) is 29.3 Å². The maximum atomic E-state index is 13.9. The number of benzene rings is 3. The van der Waals surface area contributed by atoms with E-state index in [1.54, 1.807) is 22.2 Å². The third kappa shape index (κ3) is 10.6. The van der Waals surface area contributed by atoms with Crippen LogP contribution < -0.4 is 5.32 Å². The molecule has 0 bridgehead atoms. The standard InChI is InChI=1S/C45H48N10O6.C2HF3O2/c1-26(2)39(53(3)45(59)60)43(57)55-21-9-13-37(55)41-47-24-34(50-41)28-16-14-27(15-17-28)33-23-46-32-22-30(18-19-31(32)49-33)35-25-48-40(51-35)36-12-8-20-54(36)42(56)38(52-44(58)61-4)29-10-6-5-7-11-29;3-2(4,5)1(6)7/h5-7,10-11,14-19,22-26,36-39H,8-9,12-13,20-21H2,1-4H3,(H,47,50)(H,48,51)(H,52,58)(H,59,60);(H,6,7)/t36-,37-,38+,39-;/m0./s1. The Balaban J connectivity index is 0.000000908. The summed E-state index contributed by atoms with van der Waals surface area (Å²) in [6.45, 7) is 4.79. The number of aromatic amines is 2. The van der Waals surface area contributed by atoms with Crippen molar-refractivity contribution in [3.8, 4) is 33.8 Å². The molecule has 5 heterocycles. The van der Waals surface area contributed by atoms with Gasteiger partial charge in [-0.3, -0.25) is 19.5 Å². The van der Waals surface area contributed by atoms with Crippen LogP contribution in [0.4, 0.5) is 22.8 Å². The number of aromatic nitrogens is 6. The number of carbonyl (C=O) groups excluding carboxylic acids is 3. The fourth-order valence-corrected chi connectivity index (χ4v) is 8.53. The van der Waals surface area contributed by atoms with Gasteiger partial charge in [-0.15, -0.1) is 0 Å². The molecule has 3 aromatic carbocycles. The average molecular weight is 939 g/mol. The summed E-state index contributed by atoms with van der Waals surface area (Å²) in [6, 6.07) is 20.6. The van der Waals surface area contributed by atoms with Gasteiger partial charge in [0.1, 0.15) is 23.7 Å². The Labute approximate surface area is 387 Å². The molecule has 0 saturated carbocycles. The lowest BCUT2D eigenvalue weighted by Gasteiger charge is -2.33. The molecule has 2 saturated heterocycles. The van der Waals surface area contributed by atoms with E-state index in [1.807, 2.05) is 92.8 Å². The number of hydrogen-bond acceptors (Lipinski definition) is 10. The number of methoxy groups -OCH3 is 1. The number of ether oxygens (including phenoxy) is 1. The summed E-state index contributed by atoms with van der Waals surface area (Å²) in [5, 5.41) is 19.4. The quantitative estimate of drug-likeness (QED) is 0.0837. The first-order valence-corrected chi connectivity index (χ1v) is 21.7. The van der Waals surface area contributed by atoms with Gasteiger partial charge in [0.2, 0.25) is 5.91 Å². The Bertz CT molecular complexity index is 2780. The van der Waals surface area contributed by atoms with Crippen LogP contribution in [0, 0.1) is 5.92 Å². The van der Waals surface area contributed by atoms with Crippen molar-refractivity contribution in [1.82, 2.24) is 49.9 Å². The maximum Gasteiger partial charge on any atom is 0.490 e. The average Bonchev–Trinajstić information content (AvgIpc) is 4.18. The number of H-pyrrole nitrogens is 2. The maximum absolute atomic E-state index is 13.9. The number of alkyl carbamates (subject to hydrolysis) is 1. The lowest BCUT2D eigenvalue weighted by molar-refractivity contribution is -0.192. The molecule has 0 unspecified atom stereocenters. The van der Waals surface area contributed by atoms with Gasteiger partial charge < -0.3 is 40.0 Å². The van der Waals surface area contributed by atoms with Crippen LogP contribution in [0.2, 0.25) is 0 Å². The van der Waals surface area contributed by atoms with Crippen LogP contribution >= 0.6 is 0 Å². The number of nitrogens with zero attached hydrogens (tertiary/aromatic N) is 7. The number of nitrogens with one attached hydrogen (secondary N) is 3. The van der Waals surface area contributed by atoms with Crippen molar-refractivity contribution in [1.29, 1.82) is 0 Å². The van der Waals surface area contributed by atoms with Crippen LogP contribution in [0.25, 0.3) is 44.8 Å². The van der Waals surface area contributed by atoms with Crippen LogP contribution in [0.3, 0.4) is 0 Å². The number of hydrogen-bond donors (Lipinski definition) is 5. The molecule has 4 atom stereocenters. The number of fused-ring (bicyclic) bond motifs is 1. The Hall–Kier alpha value is -7.84. The van der Waals surface area contributed by atoms with Gasteiger partial charge in [-0.2, -0.15) is 13.2 Å². The van der Waals surface area contributed by atoms with Crippen LogP contribution in [0.15, 0.2) is 91.4 Å². The van der Waals surface area contributed by atoms with Crippen LogP contribution in [-0.2, 0) is 19.1 Å². The first-order chi connectivity index (χ1) is 32.4. The monoisotopic (exact) mass is 938 g/mol. The first-order valence-electron chi connectivity index (χ1n) is 21.7. The topological polar surface area (TPSA) is 240 Å². The second-order valence-corrected chi connectivity index (χ2v) is 16.6. The zero-order chi connectivity index (χ0) is 48.9. The molecule has 8 rings (SSSR count). The van der Waals surface area contributed by atoms with Crippen molar-refractivity contribution in [2.75, 3.05) is 27.2 Å². The molecule has 18 nitrogen and oxygen atoms in total. The number of carbonyl (C=O) groups is 5. The molecule has 68 heavy (non-hydrogen) atoms. The Morgan fingerprint density at radius 1 is 0.794 bits per heavy atom. The Morgan fingerprint density at radius 3 is 2.00 bits per heavy atom. The smallest absolute Gasteiger partial charge is 0.475 e. The molecule has 2 fully saturated rings. The zero-order valence-electron chi connectivity index (χ0n) is 37.4. The summed E-state index contributed by atoms with van der Waals surface area (Å²) in [7, 11) is 2.71. The summed E-state index contributed by atoms with van der Waals surface area (Å²) < 4.78 is 36.6. The minimum Gasteiger partial charge on any atom is -0.475 e. The number of alkyl halides is 3. The number of amides is 4. The second kappa shape index (κ2) is 20.4. The van der Waals surface area contributed by atoms with E-state index >= 15 is 0 Å². The van der Waals surface area contributed by atoms with Gasteiger partial charge in [0.25, 0.3) is 5.91 Å². The van der Waals surface area contributed by atoms with Crippen molar-refractivity contribution >= 4 is 41.0 Å². The van der Waals surface area contributed by atoms with Crippen molar-refractivity contribution in [3.05, 3.63) is 109 Å². The van der Waals surface area contributed by atoms with Crippen LogP contribution in [-0.4, -0.2) is 124 Å². The number of likely N-dealkylation sites (N-methyl/N-ethyl adjacent to an activating group) is 1. The summed E-state index contributed by atoms with van der Waals surface area (Å²) in [5.41, 5.74) is 6.99. The number of likely N-dealkylation sites (tertiary alicyclic amines) is 2. The summed E-state index contributed by atoms with van der Waals surface area (Å²) >= 11 is 0. The number of halogens is 3. The van der Waals surface area contributed by atoms with E-state index < -0.39 is 36.4 Å². The van der Waals surface area contributed by atoms with E-state index in [9.17, 15) is 37.5 Å². The number of aliphatic carboxylic acids is 1. The molecule has 2 aliphatic rings. The van der Waals surface area contributed by atoms with Crippen molar-refractivity contribution in [2.45, 2.75) is 69.9 Å². The third-order valence-corrected chi connectivity index (χ3v) is 11.9. The number of rotatable bonds is 11. The molecule has 5 N–H and O–H groups in total. The fraction of sp³-hybridized carbons (Fsp3) is 0.340. The van der Waals surface area contributed by atoms with E-state index in [2.05, 4.69) is 15.3 Å². The highest BCUT2D eigenvalue weighted by atomic mass is 19.4. The number of carboxylic acids is 1. The highest BCUT2D eigenvalue weighted by Gasteiger charge is 2.41. The zero-order valence-corrected chi connectivity index (χ0v) is 37.4. The van der Waals surface area contributed by atoms with Crippen LogP contribution in [0.1, 0.15) is 74.9 Å². The Kier molecular flexibility index (Phi) is 14.4. The molecule has 6 aromatic rings. The van der Waals surface area contributed by atoms with Gasteiger partial charge in [0.05, 0.1) is 59.7 Å². The van der Waals surface area contributed by atoms with Gasteiger partial charge in [-0.1, -0.05) is 74.5 Å². The molecule has 0 radical (unpaired) electrons. The lowest BCUT2D eigenvalue weighted by Crippen LogP contribution is -2.51. The molecule has 4 amide bonds. The molecular weight excluding hydrogens is 890 g/mol.